The van der Waals surface area contributed by atoms with E-state index in [-0.39, 0.29) is 17.4 Å². The van der Waals surface area contributed by atoms with E-state index in [2.05, 4.69) is 26.6 Å². The van der Waals surface area contributed by atoms with E-state index in [0.29, 0.717) is 36.5 Å². The van der Waals surface area contributed by atoms with Gasteiger partial charge in [-0.2, -0.15) is 0 Å². The predicted molar refractivity (Wildman–Crippen MR) is 105 cm³/mol. The molecule has 2 N–H and O–H groups in total. The van der Waals surface area contributed by atoms with Crippen molar-refractivity contribution in [2.24, 2.45) is 0 Å². The highest BCUT2D eigenvalue weighted by molar-refractivity contribution is 9.10. The molecule has 0 radical (unpaired) electrons. The van der Waals surface area contributed by atoms with Crippen LogP contribution >= 0.6 is 15.9 Å². The summed E-state index contributed by atoms with van der Waals surface area (Å²) in [4.78, 5) is 38.3. The number of benzene rings is 2. The molecule has 4 amide bonds. The van der Waals surface area contributed by atoms with Crippen molar-refractivity contribution < 1.29 is 19.1 Å². The van der Waals surface area contributed by atoms with Crippen LogP contribution < -0.4 is 10.6 Å². The van der Waals surface area contributed by atoms with E-state index in [0.717, 1.165) is 4.47 Å². The molecule has 1 aliphatic heterocycles. The molecule has 0 aliphatic carbocycles. The molecular formula is C19H18BrN3O4. The zero-order chi connectivity index (χ0) is 19.4. The summed E-state index contributed by atoms with van der Waals surface area (Å²) in [5.74, 6) is -0.684. The van der Waals surface area contributed by atoms with Crippen LogP contribution in [-0.4, -0.2) is 43.0 Å². The molecule has 27 heavy (non-hydrogen) atoms. The van der Waals surface area contributed by atoms with Gasteiger partial charge in [0.1, 0.15) is 0 Å². The maximum absolute atomic E-state index is 12.5. The third-order valence-electron chi connectivity index (χ3n) is 4.08. The maximum Gasteiger partial charge on any atom is 0.323 e. The van der Waals surface area contributed by atoms with E-state index < -0.39 is 6.03 Å². The summed E-state index contributed by atoms with van der Waals surface area (Å²) in [5, 5.41) is 5.39. The molecule has 2 aromatic rings. The Morgan fingerprint density at radius 3 is 2.56 bits per heavy atom. The fraction of sp³-hybridized carbons (Fsp3) is 0.211. The second-order valence-electron chi connectivity index (χ2n) is 5.93. The highest BCUT2D eigenvalue weighted by atomic mass is 79.9. The number of para-hydroxylation sites is 1. The second kappa shape index (κ2) is 8.32. The highest BCUT2D eigenvalue weighted by Gasteiger charge is 2.35. The van der Waals surface area contributed by atoms with Crippen molar-refractivity contribution in [3.8, 4) is 0 Å². The molecule has 140 valence electrons. The van der Waals surface area contributed by atoms with Crippen molar-refractivity contribution in [1.82, 2.24) is 4.90 Å². The molecule has 0 atom stereocenters. The molecule has 0 saturated carbocycles. The van der Waals surface area contributed by atoms with Crippen molar-refractivity contribution in [2.45, 2.75) is 6.42 Å². The monoisotopic (exact) mass is 431 g/mol. The summed E-state index contributed by atoms with van der Waals surface area (Å²) in [6.45, 7) is 0.765. The summed E-state index contributed by atoms with van der Waals surface area (Å²) in [5.41, 5.74) is 1.68. The lowest BCUT2D eigenvalue weighted by molar-refractivity contribution is 0.0638. The van der Waals surface area contributed by atoms with Crippen molar-refractivity contribution in [2.75, 3.05) is 30.9 Å². The van der Waals surface area contributed by atoms with Gasteiger partial charge in [-0.1, -0.05) is 12.1 Å². The summed E-state index contributed by atoms with van der Waals surface area (Å²) in [7, 11) is 1.57. The molecule has 0 unspecified atom stereocenters. The summed E-state index contributed by atoms with van der Waals surface area (Å²) >= 11 is 3.36. The van der Waals surface area contributed by atoms with E-state index in [9.17, 15) is 14.4 Å². The number of carbonyl (C=O) groups is 3. The number of carbonyl (C=O) groups excluding carboxylic acids is 3. The lowest BCUT2D eigenvalue weighted by atomic mass is 10.1. The minimum absolute atomic E-state index is 0.288. The zero-order valence-electron chi connectivity index (χ0n) is 14.6. The smallest absolute Gasteiger partial charge is 0.323 e. The number of amides is 4. The topological polar surface area (TPSA) is 87.7 Å². The number of halogens is 1. The maximum atomic E-state index is 12.5. The van der Waals surface area contributed by atoms with E-state index in [1.807, 2.05) is 12.1 Å². The van der Waals surface area contributed by atoms with Gasteiger partial charge in [0.15, 0.2) is 0 Å². The number of rotatable bonds is 6. The minimum Gasteiger partial charge on any atom is -0.385 e. The van der Waals surface area contributed by atoms with Crippen molar-refractivity contribution >= 4 is 45.2 Å². The molecule has 0 bridgehead atoms. The van der Waals surface area contributed by atoms with Crippen molar-refractivity contribution in [3.05, 3.63) is 58.1 Å². The van der Waals surface area contributed by atoms with Gasteiger partial charge in [-0.05, 0) is 52.7 Å². The molecule has 0 fully saturated rings. The normalized spacial score (nSPS) is 12.9. The first kappa shape index (κ1) is 19.1. The lowest BCUT2D eigenvalue weighted by Crippen LogP contribution is -2.31. The number of anilines is 2. The van der Waals surface area contributed by atoms with Crippen LogP contribution in [0.3, 0.4) is 0 Å². The van der Waals surface area contributed by atoms with E-state index in [1.54, 1.807) is 31.4 Å². The van der Waals surface area contributed by atoms with E-state index in [1.165, 1.54) is 11.0 Å². The van der Waals surface area contributed by atoms with Crippen molar-refractivity contribution in [3.63, 3.8) is 0 Å². The third-order valence-corrected chi connectivity index (χ3v) is 4.77. The summed E-state index contributed by atoms with van der Waals surface area (Å²) < 4.78 is 5.71. The Kier molecular flexibility index (Phi) is 5.88. The molecule has 7 nitrogen and oxygen atoms in total. The number of methoxy groups -OCH3 is 1. The molecule has 1 aliphatic rings. The molecule has 1 heterocycles. The Labute approximate surface area is 164 Å². The average molecular weight is 432 g/mol. The van der Waals surface area contributed by atoms with Gasteiger partial charge in [0.25, 0.3) is 11.8 Å². The van der Waals surface area contributed by atoms with Crippen LogP contribution in [0.1, 0.15) is 27.1 Å². The van der Waals surface area contributed by atoms with E-state index in [4.69, 9.17) is 4.74 Å². The molecule has 8 heteroatoms. The predicted octanol–water partition coefficient (Wildman–Crippen LogP) is 3.73. The Hall–Kier alpha value is -2.71. The van der Waals surface area contributed by atoms with Gasteiger partial charge in [-0.3, -0.25) is 14.5 Å². The first-order chi connectivity index (χ1) is 13.0. The minimum atomic E-state index is -0.449. The number of hydrogen-bond acceptors (Lipinski definition) is 4. The average Bonchev–Trinajstić information content (AvgIpc) is 2.88. The first-order valence-electron chi connectivity index (χ1n) is 8.33. The number of ether oxygens (including phenoxy) is 1. The van der Waals surface area contributed by atoms with Gasteiger partial charge in [0.2, 0.25) is 0 Å². The third kappa shape index (κ3) is 4.17. The quantitative estimate of drug-likeness (QED) is 0.538. The van der Waals surface area contributed by atoms with Gasteiger partial charge >= 0.3 is 6.03 Å². The SMILES string of the molecule is COCCCN1C(=O)c2ccc(NC(=O)Nc3ccccc3Br)cc2C1=O. The number of imide groups is 1. The van der Waals surface area contributed by atoms with E-state index >= 15 is 0 Å². The van der Waals surface area contributed by atoms with Gasteiger partial charge in [0, 0.05) is 30.4 Å². The van der Waals surface area contributed by atoms with Crippen LogP contribution in [0.15, 0.2) is 46.9 Å². The fourth-order valence-electron chi connectivity index (χ4n) is 2.79. The fourth-order valence-corrected chi connectivity index (χ4v) is 3.17. The Balaban J connectivity index is 1.70. The highest BCUT2D eigenvalue weighted by Crippen LogP contribution is 2.26. The molecule has 3 rings (SSSR count). The Bertz CT molecular complexity index is 900. The van der Waals surface area contributed by atoms with Gasteiger partial charge in [0.05, 0.1) is 16.8 Å². The lowest BCUT2D eigenvalue weighted by Gasteiger charge is -2.12. The molecule has 0 saturated heterocycles. The van der Waals surface area contributed by atoms with Gasteiger partial charge in [-0.25, -0.2) is 4.79 Å². The standard InChI is InChI=1S/C19H18BrN3O4/c1-27-10-4-9-23-17(24)13-8-7-12(11-14(13)18(23)25)21-19(26)22-16-6-3-2-5-15(16)20/h2-3,5-8,11H,4,9-10H2,1H3,(H2,21,22,26). The number of nitrogens with zero attached hydrogens (tertiary/aromatic N) is 1. The number of urea groups is 1. The molecule has 0 spiro atoms. The summed E-state index contributed by atoms with van der Waals surface area (Å²) in [6, 6.07) is 11.4. The largest absolute Gasteiger partial charge is 0.385 e. The van der Waals surface area contributed by atoms with Crippen LogP contribution in [-0.2, 0) is 4.74 Å². The summed E-state index contributed by atoms with van der Waals surface area (Å²) in [6.07, 6.45) is 0.571. The van der Waals surface area contributed by atoms with Gasteiger partial charge < -0.3 is 15.4 Å². The van der Waals surface area contributed by atoms with Crippen LogP contribution in [0.5, 0.6) is 0 Å². The van der Waals surface area contributed by atoms with Crippen LogP contribution in [0.4, 0.5) is 16.2 Å². The van der Waals surface area contributed by atoms with Crippen LogP contribution in [0.25, 0.3) is 0 Å². The number of nitrogens with one attached hydrogen (secondary N) is 2. The molecule has 2 aromatic carbocycles. The zero-order valence-corrected chi connectivity index (χ0v) is 16.2. The first-order valence-corrected chi connectivity index (χ1v) is 9.12. The number of hydrogen-bond donors (Lipinski definition) is 2. The molecule has 0 aromatic heterocycles. The Morgan fingerprint density at radius 2 is 1.81 bits per heavy atom. The second-order valence-corrected chi connectivity index (χ2v) is 6.78. The van der Waals surface area contributed by atoms with Crippen LogP contribution in [0, 0.1) is 0 Å². The van der Waals surface area contributed by atoms with Crippen molar-refractivity contribution in [1.29, 1.82) is 0 Å². The van der Waals surface area contributed by atoms with Gasteiger partial charge in [-0.15, -0.1) is 0 Å². The number of fused-ring (bicyclic) bond motifs is 1. The van der Waals surface area contributed by atoms with Crippen LogP contribution in [0.2, 0.25) is 0 Å². The Morgan fingerprint density at radius 1 is 1.07 bits per heavy atom. The molecular weight excluding hydrogens is 414 g/mol.